The largest absolute Gasteiger partial charge is 0.368 e. The summed E-state index contributed by atoms with van der Waals surface area (Å²) in [5.41, 5.74) is 4.61. The fourth-order valence-corrected chi connectivity index (χ4v) is 4.92. The molecule has 0 bridgehead atoms. The van der Waals surface area contributed by atoms with E-state index in [0.29, 0.717) is 30.9 Å². The molecule has 35 heavy (non-hydrogen) atoms. The van der Waals surface area contributed by atoms with E-state index >= 15 is 0 Å². The number of urea groups is 1. The van der Waals surface area contributed by atoms with E-state index < -0.39 is 0 Å². The summed E-state index contributed by atoms with van der Waals surface area (Å²) in [7, 11) is 0. The van der Waals surface area contributed by atoms with Crippen molar-refractivity contribution in [1.82, 2.24) is 4.90 Å². The van der Waals surface area contributed by atoms with E-state index in [1.165, 1.54) is 5.56 Å². The van der Waals surface area contributed by atoms with Gasteiger partial charge in [0.25, 0.3) is 5.91 Å². The van der Waals surface area contributed by atoms with Crippen LogP contribution in [-0.4, -0.2) is 49.6 Å². The predicted octanol–water partition coefficient (Wildman–Crippen LogP) is 5.68. The third kappa shape index (κ3) is 5.28. The van der Waals surface area contributed by atoms with Crippen LogP contribution in [0.1, 0.15) is 28.8 Å². The smallest absolute Gasteiger partial charge is 0.326 e. The zero-order chi connectivity index (χ0) is 24.2. The Bertz CT molecular complexity index is 1190. The van der Waals surface area contributed by atoms with Crippen LogP contribution in [-0.2, 0) is 6.42 Å². The van der Waals surface area contributed by atoms with Crippen LogP contribution in [0.5, 0.6) is 0 Å². The van der Waals surface area contributed by atoms with Gasteiger partial charge in [0.05, 0.1) is 0 Å². The van der Waals surface area contributed by atoms with Gasteiger partial charge in [0.1, 0.15) is 0 Å². The van der Waals surface area contributed by atoms with Crippen molar-refractivity contribution in [1.29, 1.82) is 0 Å². The lowest BCUT2D eigenvalue weighted by Gasteiger charge is -2.36. The standard InChI is InChI=1S/C28H29ClN4O2/c29-23-10-14-25(15-11-23)31-17-19-32(20-18-31)27(34)22-8-12-24(13-9-22)30-28(35)33-16-4-3-6-21-5-1-2-7-26(21)33/h1-2,5,7-15H,3-4,6,16-20H2,(H,30,35). The maximum Gasteiger partial charge on any atom is 0.326 e. The van der Waals surface area contributed by atoms with Gasteiger partial charge < -0.3 is 15.1 Å². The first-order valence-electron chi connectivity index (χ1n) is 12.1. The summed E-state index contributed by atoms with van der Waals surface area (Å²) in [5.74, 6) is 0.0140. The number of hydrogen-bond acceptors (Lipinski definition) is 3. The van der Waals surface area contributed by atoms with Crippen LogP contribution in [0.3, 0.4) is 0 Å². The molecule has 2 heterocycles. The van der Waals surface area contributed by atoms with Gasteiger partial charge in [-0.25, -0.2) is 4.79 Å². The number of nitrogens with one attached hydrogen (secondary N) is 1. The summed E-state index contributed by atoms with van der Waals surface area (Å²) < 4.78 is 0. The molecule has 0 spiro atoms. The summed E-state index contributed by atoms with van der Waals surface area (Å²) in [6.45, 7) is 3.57. The number of carbonyl (C=O) groups is 2. The molecule has 2 aliphatic heterocycles. The topological polar surface area (TPSA) is 55.9 Å². The monoisotopic (exact) mass is 488 g/mol. The summed E-state index contributed by atoms with van der Waals surface area (Å²) in [6, 6.07) is 22.9. The van der Waals surface area contributed by atoms with Crippen molar-refractivity contribution in [3.8, 4) is 0 Å². The molecule has 0 aromatic heterocycles. The van der Waals surface area contributed by atoms with Crippen molar-refractivity contribution in [3.05, 3.63) is 88.9 Å². The molecule has 2 aliphatic rings. The molecule has 1 saturated heterocycles. The second kappa shape index (κ2) is 10.4. The second-order valence-corrected chi connectivity index (χ2v) is 9.44. The molecule has 180 valence electrons. The minimum Gasteiger partial charge on any atom is -0.368 e. The van der Waals surface area contributed by atoms with Gasteiger partial charge in [-0.1, -0.05) is 29.8 Å². The number of piperazine rings is 1. The van der Waals surface area contributed by atoms with E-state index in [2.05, 4.69) is 16.3 Å². The quantitative estimate of drug-likeness (QED) is 0.516. The number of para-hydroxylation sites is 1. The Morgan fingerprint density at radius 2 is 1.49 bits per heavy atom. The third-order valence-electron chi connectivity index (χ3n) is 6.75. The Hall–Kier alpha value is -3.51. The molecule has 3 aromatic rings. The Morgan fingerprint density at radius 1 is 0.771 bits per heavy atom. The summed E-state index contributed by atoms with van der Waals surface area (Å²) in [6.07, 6.45) is 3.04. The van der Waals surface area contributed by atoms with Gasteiger partial charge in [-0.15, -0.1) is 0 Å². The van der Waals surface area contributed by atoms with Crippen LogP contribution in [0.25, 0.3) is 0 Å². The van der Waals surface area contributed by atoms with E-state index in [-0.39, 0.29) is 11.9 Å². The molecule has 0 atom stereocenters. The second-order valence-electron chi connectivity index (χ2n) is 9.00. The lowest BCUT2D eigenvalue weighted by atomic mass is 10.1. The number of carbonyl (C=O) groups excluding carboxylic acids is 2. The van der Waals surface area contributed by atoms with Crippen molar-refractivity contribution in [2.24, 2.45) is 0 Å². The minimum atomic E-state index is -0.142. The normalized spacial score (nSPS) is 15.9. The Balaban J connectivity index is 1.19. The molecule has 1 N–H and O–H groups in total. The van der Waals surface area contributed by atoms with Crippen molar-refractivity contribution >= 4 is 40.6 Å². The number of benzene rings is 3. The first-order valence-corrected chi connectivity index (χ1v) is 12.5. The number of fused-ring (bicyclic) bond motifs is 1. The van der Waals surface area contributed by atoms with E-state index in [4.69, 9.17) is 11.6 Å². The van der Waals surface area contributed by atoms with Crippen LogP contribution >= 0.6 is 11.6 Å². The minimum absolute atomic E-state index is 0.0140. The van der Waals surface area contributed by atoms with Crippen molar-refractivity contribution in [3.63, 3.8) is 0 Å². The summed E-state index contributed by atoms with van der Waals surface area (Å²) in [5, 5.41) is 3.72. The first-order chi connectivity index (χ1) is 17.1. The van der Waals surface area contributed by atoms with Gasteiger partial charge in [-0.3, -0.25) is 9.69 Å². The van der Waals surface area contributed by atoms with E-state index in [1.54, 1.807) is 24.3 Å². The molecule has 7 heteroatoms. The van der Waals surface area contributed by atoms with Crippen LogP contribution in [0, 0.1) is 0 Å². The highest BCUT2D eigenvalue weighted by molar-refractivity contribution is 6.30. The number of rotatable bonds is 3. The Kier molecular flexibility index (Phi) is 6.91. The van der Waals surface area contributed by atoms with Crippen LogP contribution in [0.4, 0.5) is 21.9 Å². The highest BCUT2D eigenvalue weighted by Gasteiger charge is 2.23. The van der Waals surface area contributed by atoms with Gasteiger partial charge >= 0.3 is 6.03 Å². The van der Waals surface area contributed by atoms with Crippen molar-refractivity contribution in [2.45, 2.75) is 19.3 Å². The average Bonchev–Trinajstić information content (AvgIpc) is 3.12. The molecule has 3 amide bonds. The zero-order valence-electron chi connectivity index (χ0n) is 19.6. The Labute approximate surface area is 211 Å². The predicted molar refractivity (Wildman–Crippen MR) is 142 cm³/mol. The van der Waals surface area contributed by atoms with E-state index in [9.17, 15) is 9.59 Å². The van der Waals surface area contributed by atoms with Gasteiger partial charge in [0.2, 0.25) is 0 Å². The van der Waals surface area contributed by atoms with Gasteiger partial charge in [-0.2, -0.15) is 0 Å². The van der Waals surface area contributed by atoms with Crippen molar-refractivity contribution in [2.75, 3.05) is 47.8 Å². The number of halogens is 1. The molecule has 0 unspecified atom stereocenters. The average molecular weight is 489 g/mol. The highest BCUT2D eigenvalue weighted by Crippen LogP contribution is 2.27. The van der Waals surface area contributed by atoms with Gasteiger partial charge in [0.15, 0.2) is 0 Å². The molecule has 0 radical (unpaired) electrons. The van der Waals surface area contributed by atoms with Crippen LogP contribution < -0.4 is 15.1 Å². The maximum absolute atomic E-state index is 13.0. The Morgan fingerprint density at radius 3 is 2.23 bits per heavy atom. The molecule has 0 aliphatic carbocycles. The number of anilines is 3. The van der Waals surface area contributed by atoms with Gasteiger partial charge in [-0.05, 0) is 79.4 Å². The number of nitrogens with zero attached hydrogens (tertiary/aromatic N) is 3. The van der Waals surface area contributed by atoms with E-state index in [1.807, 2.05) is 52.3 Å². The van der Waals surface area contributed by atoms with Crippen LogP contribution in [0.15, 0.2) is 72.8 Å². The number of hydrogen-bond donors (Lipinski definition) is 1. The fraction of sp³-hybridized carbons (Fsp3) is 0.286. The molecular weight excluding hydrogens is 460 g/mol. The van der Waals surface area contributed by atoms with E-state index in [0.717, 1.165) is 48.7 Å². The maximum atomic E-state index is 13.0. The molecule has 6 nitrogen and oxygen atoms in total. The third-order valence-corrected chi connectivity index (χ3v) is 7.00. The first kappa shape index (κ1) is 23.2. The van der Waals surface area contributed by atoms with Crippen molar-refractivity contribution < 1.29 is 9.59 Å². The van der Waals surface area contributed by atoms with Gasteiger partial charge in [0, 0.05) is 60.4 Å². The molecular formula is C28H29ClN4O2. The highest BCUT2D eigenvalue weighted by atomic mass is 35.5. The summed E-state index contributed by atoms with van der Waals surface area (Å²) in [4.78, 5) is 32.0. The molecule has 5 rings (SSSR count). The zero-order valence-corrected chi connectivity index (χ0v) is 20.4. The number of aryl methyl sites for hydroxylation is 1. The molecule has 0 saturated carbocycles. The fourth-order valence-electron chi connectivity index (χ4n) is 4.79. The lowest BCUT2D eigenvalue weighted by Crippen LogP contribution is -2.48. The number of amides is 3. The summed E-state index contributed by atoms with van der Waals surface area (Å²) >= 11 is 5.99. The molecule has 1 fully saturated rings. The SMILES string of the molecule is O=C(c1ccc(NC(=O)N2CCCCc3ccccc32)cc1)N1CCN(c2ccc(Cl)cc2)CC1. The lowest BCUT2D eigenvalue weighted by molar-refractivity contribution is 0.0747. The van der Waals surface area contributed by atoms with Crippen LogP contribution in [0.2, 0.25) is 5.02 Å². The molecule has 3 aromatic carbocycles.